The zero-order chi connectivity index (χ0) is 22.8. The summed E-state index contributed by atoms with van der Waals surface area (Å²) in [5, 5.41) is 23.0. The number of methoxy groups -OCH3 is 1. The number of hydrogen-bond acceptors (Lipinski definition) is 7. The highest BCUT2D eigenvalue weighted by molar-refractivity contribution is 6.02. The van der Waals surface area contributed by atoms with E-state index >= 15 is 0 Å². The summed E-state index contributed by atoms with van der Waals surface area (Å²) >= 11 is 0. The van der Waals surface area contributed by atoms with E-state index in [1.54, 1.807) is 6.08 Å². The zero-order valence-electron chi connectivity index (χ0n) is 17.5. The first kappa shape index (κ1) is 22.0. The van der Waals surface area contributed by atoms with Crippen molar-refractivity contribution in [2.45, 2.75) is 31.7 Å². The summed E-state index contributed by atoms with van der Waals surface area (Å²) in [5.41, 5.74) is 0.422. The van der Waals surface area contributed by atoms with Crippen molar-refractivity contribution in [1.82, 2.24) is 14.9 Å². The Hall–Kier alpha value is -3.24. The number of amides is 1. The normalized spacial score (nSPS) is 19.5. The lowest BCUT2D eigenvalue weighted by atomic mass is 9.98. The first-order valence-electron chi connectivity index (χ1n) is 10.3. The molecule has 0 spiro atoms. The fourth-order valence-electron chi connectivity index (χ4n) is 3.94. The van der Waals surface area contributed by atoms with Gasteiger partial charge in [-0.05, 0) is 11.6 Å². The van der Waals surface area contributed by atoms with Crippen LogP contribution in [0.3, 0.4) is 0 Å². The molecule has 3 heterocycles. The highest BCUT2D eigenvalue weighted by Gasteiger charge is 2.31. The van der Waals surface area contributed by atoms with Crippen LogP contribution in [0.1, 0.15) is 22.3 Å². The van der Waals surface area contributed by atoms with Crippen molar-refractivity contribution in [2.24, 2.45) is 0 Å². The Morgan fingerprint density at radius 2 is 2.28 bits per heavy atom. The van der Waals surface area contributed by atoms with Gasteiger partial charge >= 0.3 is 0 Å². The van der Waals surface area contributed by atoms with Gasteiger partial charge in [0.15, 0.2) is 11.5 Å². The second kappa shape index (κ2) is 9.09. The molecule has 0 radical (unpaired) electrons. The van der Waals surface area contributed by atoms with Crippen molar-refractivity contribution < 1.29 is 28.9 Å². The fraction of sp³-hybridized carbons (Fsp3) is 0.409. The maximum absolute atomic E-state index is 13.8. The molecule has 9 nitrogen and oxygen atoms in total. The van der Waals surface area contributed by atoms with E-state index in [2.05, 4.69) is 10.3 Å². The molecule has 0 bridgehead atoms. The van der Waals surface area contributed by atoms with Crippen molar-refractivity contribution >= 4 is 16.9 Å². The Morgan fingerprint density at radius 1 is 1.47 bits per heavy atom. The van der Waals surface area contributed by atoms with Gasteiger partial charge in [-0.25, -0.2) is 4.39 Å². The number of ether oxygens (including phenoxy) is 2. The number of alkyl halides is 1. The second-order valence-electron chi connectivity index (χ2n) is 7.69. The van der Waals surface area contributed by atoms with Crippen molar-refractivity contribution in [2.75, 3.05) is 26.9 Å². The number of rotatable bonds is 7. The van der Waals surface area contributed by atoms with Crippen molar-refractivity contribution in [3.63, 3.8) is 0 Å². The molecule has 1 aliphatic heterocycles. The minimum absolute atomic E-state index is 0.0161. The summed E-state index contributed by atoms with van der Waals surface area (Å²) in [6.07, 6.45) is 5.34. The van der Waals surface area contributed by atoms with Crippen molar-refractivity contribution in [3.8, 4) is 11.5 Å². The average molecular weight is 445 g/mol. The maximum atomic E-state index is 13.8. The first-order chi connectivity index (χ1) is 15.4. The van der Waals surface area contributed by atoms with E-state index in [0.29, 0.717) is 18.4 Å². The molecular weight excluding hydrogens is 421 g/mol. The largest absolute Gasteiger partial charge is 0.505 e. The lowest BCUT2D eigenvalue weighted by Crippen LogP contribution is -2.40. The molecule has 1 aliphatic carbocycles. The number of nitrogens with zero attached hydrogens (tertiary/aromatic N) is 2. The van der Waals surface area contributed by atoms with Crippen LogP contribution in [0, 0.1) is 0 Å². The third-order valence-electron chi connectivity index (χ3n) is 5.45. The molecule has 0 saturated carbocycles. The summed E-state index contributed by atoms with van der Waals surface area (Å²) < 4.78 is 25.9. The van der Waals surface area contributed by atoms with E-state index in [1.807, 2.05) is 6.08 Å². The van der Waals surface area contributed by atoms with Gasteiger partial charge in [-0.15, -0.1) is 0 Å². The van der Waals surface area contributed by atoms with Crippen LogP contribution in [0.15, 0.2) is 34.8 Å². The Balaban J connectivity index is 1.84. The van der Waals surface area contributed by atoms with Crippen LogP contribution in [0.5, 0.6) is 11.5 Å². The van der Waals surface area contributed by atoms with Crippen LogP contribution in [0.25, 0.3) is 11.0 Å². The van der Waals surface area contributed by atoms with Crippen molar-refractivity contribution in [3.05, 3.63) is 51.5 Å². The van der Waals surface area contributed by atoms with Gasteiger partial charge in [-0.1, -0.05) is 12.2 Å². The maximum Gasteiger partial charge on any atom is 0.268 e. The molecule has 2 unspecified atom stereocenters. The standard InChI is InChI=1S/C22H24FN3O6/c1-31-6-5-24-21(29)16-19(28)17-18-20(32-15(11-27)10-26(18)22(16)30)13(9-25-17)7-12-3-2-4-14(23)8-12/h2-3,8-9,14-15,27-28H,4-7,10-11H2,1H3,(H,24,29). The molecule has 3 N–H and O–H groups in total. The molecule has 0 saturated heterocycles. The first-order valence-corrected chi connectivity index (χ1v) is 10.3. The molecule has 2 atom stereocenters. The van der Waals surface area contributed by atoms with Gasteiger partial charge in [0.05, 0.1) is 19.8 Å². The molecule has 32 heavy (non-hydrogen) atoms. The van der Waals surface area contributed by atoms with Crippen molar-refractivity contribution in [1.29, 1.82) is 0 Å². The number of pyridine rings is 2. The Morgan fingerprint density at radius 3 is 3.00 bits per heavy atom. The number of aliphatic hydroxyl groups excluding tert-OH is 1. The van der Waals surface area contributed by atoms with E-state index in [-0.39, 0.29) is 43.1 Å². The molecule has 2 aliphatic rings. The third kappa shape index (κ3) is 3.98. The Kier molecular flexibility index (Phi) is 6.24. The SMILES string of the molecule is COCCNC(=O)c1c(O)c2ncc(CC3=CC(F)CC=C3)c3c2n(c1=O)CC(CO)O3. The number of nitrogens with one attached hydrogen (secondary N) is 1. The number of aliphatic hydroxyl groups is 1. The Bertz CT molecular complexity index is 1170. The van der Waals surface area contributed by atoms with Gasteiger partial charge < -0.3 is 25.0 Å². The van der Waals surface area contributed by atoms with Gasteiger partial charge in [-0.3, -0.25) is 19.1 Å². The number of hydrogen-bond donors (Lipinski definition) is 3. The smallest absolute Gasteiger partial charge is 0.268 e. The van der Waals surface area contributed by atoms with Gasteiger partial charge in [0, 0.05) is 38.3 Å². The molecule has 4 rings (SSSR count). The predicted molar refractivity (Wildman–Crippen MR) is 114 cm³/mol. The number of allylic oxidation sites excluding steroid dienone is 4. The molecular formula is C22H24FN3O6. The topological polar surface area (TPSA) is 123 Å². The molecule has 0 aromatic carbocycles. The highest BCUT2D eigenvalue weighted by Crippen LogP contribution is 2.38. The van der Waals surface area contributed by atoms with E-state index < -0.39 is 35.1 Å². The third-order valence-corrected chi connectivity index (χ3v) is 5.45. The monoisotopic (exact) mass is 445 g/mol. The quantitative estimate of drug-likeness (QED) is 0.544. The molecule has 0 fully saturated rings. The van der Waals surface area contributed by atoms with Crippen LogP contribution in [0.4, 0.5) is 4.39 Å². The fourth-order valence-corrected chi connectivity index (χ4v) is 3.94. The van der Waals surface area contributed by atoms with Crippen LogP contribution >= 0.6 is 0 Å². The minimum atomic E-state index is -1.08. The van der Waals surface area contributed by atoms with Gasteiger partial charge in [-0.2, -0.15) is 0 Å². The van der Waals surface area contributed by atoms with Crippen LogP contribution in [0.2, 0.25) is 0 Å². The summed E-state index contributed by atoms with van der Waals surface area (Å²) in [6.45, 7) is 0.0210. The molecule has 1 amide bonds. The van der Waals surface area contributed by atoms with Gasteiger partial charge in [0.2, 0.25) is 0 Å². The number of carbonyl (C=O) groups is 1. The summed E-state index contributed by atoms with van der Waals surface area (Å²) in [4.78, 5) is 30.1. The molecule has 2 aromatic heterocycles. The number of aromatic nitrogens is 2. The van der Waals surface area contributed by atoms with Crippen LogP contribution < -0.4 is 15.6 Å². The van der Waals surface area contributed by atoms with E-state index in [4.69, 9.17) is 9.47 Å². The summed E-state index contributed by atoms with van der Waals surface area (Å²) in [7, 11) is 1.48. The molecule has 2 aromatic rings. The predicted octanol–water partition coefficient (Wildman–Crippen LogP) is 0.998. The Labute approximate surface area is 182 Å². The van der Waals surface area contributed by atoms with E-state index in [9.17, 15) is 24.2 Å². The van der Waals surface area contributed by atoms with Crippen LogP contribution in [-0.4, -0.2) is 64.8 Å². The lowest BCUT2D eigenvalue weighted by molar-refractivity contribution is 0.0906. The van der Waals surface area contributed by atoms with E-state index in [1.165, 1.54) is 23.9 Å². The van der Waals surface area contributed by atoms with Crippen LogP contribution in [-0.2, 0) is 17.7 Å². The average Bonchev–Trinajstić information content (AvgIpc) is 2.78. The number of halogens is 1. The van der Waals surface area contributed by atoms with E-state index in [0.717, 1.165) is 5.57 Å². The minimum Gasteiger partial charge on any atom is -0.505 e. The molecule has 170 valence electrons. The number of aromatic hydroxyl groups is 1. The zero-order valence-corrected chi connectivity index (χ0v) is 17.5. The molecule has 10 heteroatoms. The second-order valence-corrected chi connectivity index (χ2v) is 7.69. The summed E-state index contributed by atoms with van der Waals surface area (Å²) in [6, 6.07) is 0. The highest BCUT2D eigenvalue weighted by atomic mass is 19.1. The van der Waals surface area contributed by atoms with Gasteiger partial charge in [0.1, 0.15) is 28.9 Å². The van der Waals surface area contributed by atoms with Gasteiger partial charge in [0.25, 0.3) is 11.5 Å². The number of carbonyl (C=O) groups excluding carboxylic acids is 1. The lowest BCUT2D eigenvalue weighted by Gasteiger charge is -2.29. The summed E-state index contributed by atoms with van der Waals surface area (Å²) in [5.74, 6) is -1.02.